The van der Waals surface area contributed by atoms with Crippen LogP contribution in [0.1, 0.15) is 10.4 Å². The molecule has 0 fully saturated rings. The zero-order valence-electron chi connectivity index (χ0n) is 14.1. The van der Waals surface area contributed by atoms with E-state index in [9.17, 15) is 29.4 Å². The normalized spacial score (nSPS) is 10.3. The van der Waals surface area contributed by atoms with Crippen molar-refractivity contribution in [3.05, 3.63) is 68.0 Å². The van der Waals surface area contributed by atoms with Crippen molar-refractivity contribution < 1.29 is 23.8 Å². The summed E-state index contributed by atoms with van der Waals surface area (Å²) in [5.41, 5.74) is -1.08. The number of benzene rings is 2. The average Bonchev–Trinajstić information content (AvgIpc) is 2.63. The summed E-state index contributed by atoms with van der Waals surface area (Å²) in [4.78, 5) is 32.9. The van der Waals surface area contributed by atoms with E-state index in [-0.39, 0.29) is 16.9 Å². The Morgan fingerprint density at radius 1 is 1.11 bits per heavy atom. The number of nitrogens with zero attached hydrogens (tertiary/aromatic N) is 2. The highest BCUT2D eigenvalue weighted by atomic mass is 19.1. The molecule has 10 nitrogen and oxygen atoms in total. The zero-order chi connectivity index (χ0) is 20.0. The highest BCUT2D eigenvalue weighted by Gasteiger charge is 2.19. The van der Waals surface area contributed by atoms with Gasteiger partial charge in [-0.15, -0.1) is 0 Å². The maximum absolute atomic E-state index is 13.8. The molecule has 0 spiro atoms. The highest BCUT2D eigenvalue weighted by Crippen LogP contribution is 2.27. The van der Waals surface area contributed by atoms with E-state index in [0.717, 1.165) is 24.3 Å². The number of nitrogens with one attached hydrogen (secondary N) is 2. The van der Waals surface area contributed by atoms with Crippen molar-refractivity contribution in [2.75, 3.05) is 30.9 Å². The number of non-ortho nitro benzene ring substituents is 1. The molecule has 27 heavy (non-hydrogen) atoms. The van der Waals surface area contributed by atoms with Gasteiger partial charge in [0, 0.05) is 37.4 Å². The van der Waals surface area contributed by atoms with Crippen LogP contribution in [-0.2, 0) is 4.74 Å². The monoisotopic (exact) mass is 378 g/mol. The quantitative estimate of drug-likeness (QED) is 0.409. The van der Waals surface area contributed by atoms with Crippen LogP contribution in [0.5, 0.6) is 0 Å². The molecule has 0 heterocycles. The summed E-state index contributed by atoms with van der Waals surface area (Å²) in [6, 6.07) is 6.34. The van der Waals surface area contributed by atoms with E-state index in [1.165, 1.54) is 19.2 Å². The van der Waals surface area contributed by atoms with E-state index in [1.807, 2.05) is 0 Å². The van der Waals surface area contributed by atoms with Crippen molar-refractivity contribution in [2.24, 2.45) is 0 Å². The molecule has 0 unspecified atom stereocenters. The van der Waals surface area contributed by atoms with E-state index in [4.69, 9.17) is 4.74 Å². The predicted molar refractivity (Wildman–Crippen MR) is 94.5 cm³/mol. The van der Waals surface area contributed by atoms with Gasteiger partial charge in [0.05, 0.1) is 22.1 Å². The first-order chi connectivity index (χ1) is 12.8. The van der Waals surface area contributed by atoms with Gasteiger partial charge in [-0.05, 0) is 18.2 Å². The molecule has 1 amide bonds. The Morgan fingerprint density at radius 2 is 1.85 bits per heavy atom. The van der Waals surface area contributed by atoms with Crippen molar-refractivity contribution in [1.29, 1.82) is 0 Å². The number of ether oxygens (including phenoxy) is 1. The maximum atomic E-state index is 13.8. The minimum absolute atomic E-state index is 0.107. The Labute approximate surface area is 152 Å². The average molecular weight is 378 g/mol. The standard InChI is InChI=1S/C16H15FN4O6/c1-27-7-6-18-13-5-2-10(8-15(13)21(25)26)16(22)19-14-9-11(20(23)24)3-4-12(14)17/h2-5,8-9,18H,6-7H2,1H3,(H,19,22). The summed E-state index contributed by atoms with van der Waals surface area (Å²) in [5.74, 6) is -1.72. The number of anilines is 2. The van der Waals surface area contributed by atoms with Crippen molar-refractivity contribution in [1.82, 2.24) is 0 Å². The summed E-state index contributed by atoms with van der Waals surface area (Å²) in [6.45, 7) is 0.646. The summed E-state index contributed by atoms with van der Waals surface area (Å²) in [7, 11) is 1.48. The molecule has 0 aliphatic rings. The third-order valence-electron chi connectivity index (χ3n) is 3.49. The van der Waals surface area contributed by atoms with Gasteiger partial charge in [-0.2, -0.15) is 0 Å². The minimum Gasteiger partial charge on any atom is -0.383 e. The predicted octanol–water partition coefficient (Wildman–Crippen LogP) is 2.95. The molecule has 2 aromatic rings. The first-order valence-electron chi connectivity index (χ1n) is 7.60. The van der Waals surface area contributed by atoms with Gasteiger partial charge >= 0.3 is 0 Å². The first kappa shape index (κ1) is 19.7. The van der Waals surface area contributed by atoms with Gasteiger partial charge in [-0.25, -0.2) is 4.39 Å². The van der Waals surface area contributed by atoms with Crippen LogP contribution in [0.25, 0.3) is 0 Å². The second-order valence-electron chi connectivity index (χ2n) is 5.28. The van der Waals surface area contributed by atoms with E-state index < -0.39 is 32.9 Å². The molecule has 0 aliphatic carbocycles. The number of nitro benzene ring substituents is 2. The van der Waals surface area contributed by atoms with Gasteiger partial charge in [0.1, 0.15) is 11.5 Å². The van der Waals surface area contributed by atoms with Crippen molar-refractivity contribution in [3.63, 3.8) is 0 Å². The number of carbonyl (C=O) groups is 1. The molecule has 142 valence electrons. The Bertz CT molecular complexity index is 889. The van der Waals surface area contributed by atoms with Crippen LogP contribution < -0.4 is 10.6 Å². The third-order valence-corrected chi connectivity index (χ3v) is 3.49. The zero-order valence-corrected chi connectivity index (χ0v) is 14.1. The molecular formula is C16H15FN4O6. The fourth-order valence-corrected chi connectivity index (χ4v) is 2.18. The number of methoxy groups -OCH3 is 1. The number of rotatable bonds is 8. The topological polar surface area (TPSA) is 137 Å². The molecule has 11 heteroatoms. The van der Waals surface area contributed by atoms with Crippen molar-refractivity contribution in [3.8, 4) is 0 Å². The van der Waals surface area contributed by atoms with E-state index in [0.29, 0.717) is 13.2 Å². The van der Waals surface area contributed by atoms with Crippen molar-refractivity contribution >= 4 is 28.7 Å². The van der Waals surface area contributed by atoms with Crippen LogP contribution in [-0.4, -0.2) is 36.0 Å². The molecule has 0 aromatic heterocycles. The lowest BCUT2D eigenvalue weighted by Crippen LogP contribution is -2.14. The minimum atomic E-state index is -0.874. The van der Waals surface area contributed by atoms with E-state index in [1.54, 1.807) is 0 Å². The molecule has 2 aromatic carbocycles. The van der Waals surface area contributed by atoms with Crippen LogP contribution in [0.15, 0.2) is 36.4 Å². The lowest BCUT2D eigenvalue weighted by atomic mass is 10.1. The van der Waals surface area contributed by atoms with Crippen LogP contribution in [0.4, 0.5) is 27.1 Å². The Morgan fingerprint density at radius 3 is 2.48 bits per heavy atom. The summed E-state index contributed by atoms with van der Waals surface area (Å²) in [5, 5.41) is 27.0. The molecular weight excluding hydrogens is 363 g/mol. The van der Waals surface area contributed by atoms with Crippen LogP contribution in [0.2, 0.25) is 0 Å². The molecule has 0 atom stereocenters. The fraction of sp³-hybridized carbons (Fsp3) is 0.188. The van der Waals surface area contributed by atoms with Gasteiger partial charge in [0.2, 0.25) is 0 Å². The van der Waals surface area contributed by atoms with E-state index >= 15 is 0 Å². The SMILES string of the molecule is COCCNc1ccc(C(=O)Nc2cc([N+](=O)[O-])ccc2F)cc1[N+](=O)[O-]. The molecule has 0 aliphatic heterocycles. The largest absolute Gasteiger partial charge is 0.383 e. The lowest BCUT2D eigenvalue weighted by Gasteiger charge is -2.09. The first-order valence-corrected chi connectivity index (χ1v) is 7.60. The molecule has 0 saturated carbocycles. The maximum Gasteiger partial charge on any atom is 0.293 e. The molecule has 0 bridgehead atoms. The van der Waals surface area contributed by atoms with E-state index in [2.05, 4.69) is 10.6 Å². The number of amides is 1. The Kier molecular flexibility index (Phi) is 6.33. The molecule has 0 saturated heterocycles. The van der Waals surface area contributed by atoms with Crippen molar-refractivity contribution in [2.45, 2.75) is 0 Å². The number of nitro groups is 2. The highest BCUT2D eigenvalue weighted by molar-refractivity contribution is 6.05. The number of carbonyl (C=O) groups excluding carboxylic acids is 1. The Hall–Kier alpha value is -3.60. The summed E-state index contributed by atoms with van der Waals surface area (Å²) >= 11 is 0. The van der Waals surface area contributed by atoms with Crippen LogP contribution >= 0.6 is 0 Å². The molecule has 2 N–H and O–H groups in total. The second-order valence-corrected chi connectivity index (χ2v) is 5.28. The number of hydrogen-bond donors (Lipinski definition) is 2. The van der Waals surface area contributed by atoms with Crippen LogP contribution in [0.3, 0.4) is 0 Å². The molecule has 0 radical (unpaired) electrons. The number of halogens is 1. The van der Waals surface area contributed by atoms with Gasteiger partial charge in [-0.1, -0.05) is 0 Å². The molecule has 2 rings (SSSR count). The van der Waals surface area contributed by atoms with Gasteiger partial charge in [0.15, 0.2) is 0 Å². The van der Waals surface area contributed by atoms with Gasteiger partial charge in [0.25, 0.3) is 17.3 Å². The van der Waals surface area contributed by atoms with Gasteiger partial charge < -0.3 is 15.4 Å². The summed E-state index contributed by atoms with van der Waals surface area (Å²) < 4.78 is 18.6. The Balaban J connectivity index is 2.26. The number of hydrogen-bond acceptors (Lipinski definition) is 7. The van der Waals surface area contributed by atoms with Gasteiger partial charge in [-0.3, -0.25) is 25.0 Å². The van der Waals surface area contributed by atoms with Crippen LogP contribution in [0, 0.1) is 26.0 Å². The smallest absolute Gasteiger partial charge is 0.293 e. The lowest BCUT2D eigenvalue weighted by molar-refractivity contribution is -0.384. The second kappa shape index (κ2) is 8.67. The third kappa shape index (κ3) is 4.95. The summed E-state index contributed by atoms with van der Waals surface area (Å²) in [6.07, 6.45) is 0. The fourth-order valence-electron chi connectivity index (χ4n) is 2.18.